The third kappa shape index (κ3) is 2.40. The van der Waals surface area contributed by atoms with E-state index in [-0.39, 0.29) is 12.7 Å². The van der Waals surface area contributed by atoms with Gasteiger partial charge < -0.3 is 19.8 Å². The van der Waals surface area contributed by atoms with Gasteiger partial charge in [-0.1, -0.05) is 11.6 Å². The van der Waals surface area contributed by atoms with Crippen molar-refractivity contribution in [2.45, 2.75) is 13.8 Å². The third-order valence-corrected chi connectivity index (χ3v) is 3.94. The van der Waals surface area contributed by atoms with Gasteiger partial charge in [-0.15, -0.1) is 0 Å². The van der Waals surface area contributed by atoms with Crippen molar-refractivity contribution in [3.8, 4) is 11.5 Å². The molecule has 0 spiro atoms. The largest absolute Gasteiger partial charge is 0.454 e. The number of nitrogens with one attached hydrogen (secondary N) is 2. The highest BCUT2D eigenvalue weighted by Crippen LogP contribution is 2.34. The van der Waals surface area contributed by atoms with Crippen LogP contribution < -0.4 is 14.8 Å². The van der Waals surface area contributed by atoms with Gasteiger partial charge in [-0.05, 0) is 43.7 Å². The summed E-state index contributed by atoms with van der Waals surface area (Å²) >= 11 is 0. The van der Waals surface area contributed by atoms with Crippen LogP contribution in [0.1, 0.15) is 21.6 Å². The molecule has 2 N–H and O–H groups in total. The van der Waals surface area contributed by atoms with Crippen LogP contribution in [0.25, 0.3) is 10.9 Å². The maximum absolute atomic E-state index is 12.5. The Morgan fingerprint density at radius 1 is 1.09 bits per heavy atom. The molecule has 116 valence electrons. The predicted octanol–water partition coefficient (Wildman–Crippen LogP) is 3.77. The molecule has 4 rings (SSSR count). The van der Waals surface area contributed by atoms with E-state index in [1.807, 2.05) is 19.9 Å². The van der Waals surface area contributed by atoms with E-state index in [0.717, 1.165) is 16.5 Å². The van der Waals surface area contributed by atoms with E-state index in [1.54, 1.807) is 18.2 Å². The molecule has 0 saturated carbocycles. The molecule has 0 aliphatic carbocycles. The molecule has 1 aliphatic heterocycles. The number of aromatic amines is 1. The number of amides is 1. The van der Waals surface area contributed by atoms with Crippen LogP contribution in [-0.2, 0) is 0 Å². The Bertz CT molecular complexity index is 927. The number of fused-ring (bicyclic) bond motifs is 2. The summed E-state index contributed by atoms with van der Waals surface area (Å²) in [6.45, 7) is 4.30. The van der Waals surface area contributed by atoms with Crippen LogP contribution in [0.2, 0.25) is 0 Å². The minimum Gasteiger partial charge on any atom is -0.454 e. The van der Waals surface area contributed by atoms with Gasteiger partial charge in [-0.3, -0.25) is 4.79 Å². The first kappa shape index (κ1) is 13.7. The van der Waals surface area contributed by atoms with Crippen molar-refractivity contribution in [1.29, 1.82) is 0 Å². The van der Waals surface area contributed by atoms with Crippen molar-refractivity contribution in [2.75, 3.05) is 12.1 Å². The lowest BCUT2D eigenvalue weighted by Gasteiger charge is -2.04. The van der Waals surface area contributed by atoms with Crippen LogP contribution in [0.5, 0.6) is 11.5 Å². The number of hydrogen-bond acceptors (Lipinski definition) is 3. The van der Waals surface area contributed by atoms with Crippen LogP contribution in [0.15, 0.2) is 36.4 Å². The van der Waals surface area contributed by atoms with Crippen molar-refractivity contribution >= 4 is 22.5 Å². The smallest absolute Gasteiger partial charge is 0.272 e. The van der Waals surface area contributed by atoms with E-state index < -0.39 is 0 Å². The first-order valence-corrected chi connectivity index (χ1v) is 7.41. The van der Waals surface area contributed by atoms with Crippen molar-refractivity contribution in [3.05, 3.63) is 53.2 Å². The van der Waals surface area contributed by atoms with Gasteiger partial charge in [0.25, 0.3) is 5.91 Å². The van der Waals surface area contributed by atoms with E-state index in [9.17, 15) is 4.79 Å². The molecule has 2 aromatic carbocycles. The lowest BCUT2D eigenvalue weighted by Crippen LogP contribution is -2.12. The summed E-state index contributed by atoms with van der Waals surface area (Å²) in [7, 11) is 0. The summed E-state index contributed by atoms with van der Waals surface area (Å²) in [4.78, 5) is 15.7. The van der Waals surface area contributed by atoms with E-state index in [0.29, 0.717) is 22.9 Å². The van der Waals surface area contributed by atoms with Crippen LogP contribution in [-0.4, -0.2) is 17.7 Å². The second-order valence-corrected chi connectivity index (χ2v) is 5.75. The molecule has 0 unspecified atom stereocenters. The number of hydrogen-bond donors (Lipinski definition) is 2. The number of carbonyl (C=O) groups is 1. The van der Waals surface area contributed by atoms with Crippen LogP contribution in [0.3, 0.4) is 0 Å². The summed E-state index contributed by atoms with van der Waals surface area (Å²) in [6, 6.07) is 11.4. The zero-order chi connectivity index (χ0) is 16.0. The normalized spacial score (nSPS) is 12.6. The molecule has 0 atom stereocenters. The highest BCUT2D eigenvalue weighted by Gasteiger charge is 2.16. The number of anilines is 1. The zero-order valence-electron chi connectivity index (χ0n) is 12.9. The molecule has 5 heteroatoms. The first-order chi connectivity index (χ1) is 11.1. The maximum atomic E-state index is 12.5. The number of H-pyrrole nitrogens is 1. The second kappa shape index (κ2) is 5.05. The second-order valence-electron chi connectivity index (χ2n) is 5.75. The highest BCUT2D eigenvalue weighted by atomic mass is 16.7. The quantitative estimate of drug-likeness (QED) is 0.757. The molecular formula is C18H16N2O3. The number of aryl methyl sites for hydroxylation is 2. The molecule has 1 amide bonds. The predicted molar refractivity (Wildman–Crippen MR) is 88.3 cm³/mol. The number of rotatable bonds is 2. The summed E-state index contributed by atoms with van der Waals surface area (Å²) in [5, 5.41) is 3.92. The molecule has 1 aromatic heterocycles. The van der Waals surface area contributed by atoms with Crippen LogP contribution in [0, 0.1) is 13.8 Å². The van der Waals surface area contributed by atoms with Gasteiger partial charge in [-0.25, -0.2) is 0 Å². The van der Waals surface area contributed by atoms with Gasteiger partial charge in [0.15, 0.2) is 11.5 Å². The zero-order valence-corrected chi connectivity index (χ0v) is 12.9. The molecule has 0 fully saturated rings. The fourth-order valence-electron chi connectivity index (χ4n) is 2.91. The minimum atomic E-state index is -0.183. The van der Waals surface area contributed by atoms with Crippen molar-refractivity contribution in [2.24, 2.45) is 0 Å². The van der Waals surface area contributed by atoms with E-state index >= 15 is 0 Å². The van der Waals surface area contributed by atoms with Gasteiger partial charge >= 0.3 is 0 Å². The van der Waals surface area contributed by atoms with Crippen LogP contribution >= 0.6 is 0 Å². The SMILES string of the molecule is Cc1cc(C)c2[nH]c(C(=O)Nc3ccc4c(c3)OCO4)cc2c1. The van der Waals surface area contributed by atoms with Gasteiger partial charge in [-0.2, -0.15) is 0 Å². The Labute approximate surface area is 133 Å². The molecule has 0 radical (unpaired) electrons. The summed E-state index contributed by atoms with van der Waals surface area (Å²) in [6.07, 6.45) is 0. The molecule has 3 aromatic rings. The Balaban J connectivity index is 1.63. The van der Waals surface area contributed by atoms with Gasteiger partial charge in [0.2, 0.25) is 6.79 Å². The molecule has 0 bridgehead atoms. The molecule has 2 heterocycles. The Morgan fingerprint density at radius 3 is 2.78 bits per heavy atom. The van der Waals surface area contributed by atoms with Gasteiger partial charge in [0.1, 0.15) is 5.69 Å². The van der Waals surface area contributed by atoms with Crippen molar-refractivity contribution in [3.63, 3.8) is 0 Å². The van der Waals surface area contributed by atoms with Gasteiger partial charge in [0, 0.05) is 22.7 Å². The monoisotopic (exact) mass is 308 g/mol. The molecule has 5 nitrogen and oxygen atoms in total. The summed E-state index contributed by atoms with van der Waals surface area (Å²) < 4.78 is 10.6. The third-order valence-electron chi connectivity index (χ3n) is 3.94. The number of benzene rings is 2. The van der Waals surface area contributed by atoms with Crippen molar-refractivity contribution in [1.82, 2.24) is 4.98 Å². The van der Waals surface area contributed by atoms with E-state index in [2.05, 4.69) is 22.4 Å². The molecule has 0 saturated heterocycles. The lowest BCUT2D eigenvalue weighted by molar-refractivity contribution is 0.102. The fraction of sp³-hybridized carbons (Fsp3) is 0.167. The highest BCUT2D eigenvalue weighted by molar-refractivity contribution is 6.06. The number of aromatic nitrogens is 1. The Kier molecular flexibility index (Phi) is 3.01. The fourth-order valence-corrected chi connectivity index (χ4v) is 2.91. The van der Waals surface area contributed by atoms with Crippen LogP contribution in [0.4, 0.5) is 5.69 Å². The van der Waals surface area contributed by atoms with E-state index in [1.165, 1.54) is 5.56 Å². The number of ether oxygens (including phenoxy) is 2. The average molecular weight is 308 g/mol. The molecule has 23 heavy (non-hydrogen) atoms. The standard InChI is InChI=1S/C18H16N2O3/c1-10-5-11(2)17-12(6-10)7-14(20-17)18(21)19-13-3-4-15-16(8-13)23-9-22-15/h3-8,20H,9H2,1-2H3,(H,19,21). The maximum Gasteiger partial charge on any atom is 0.272 e. The lowest BCUT2D eigenvalue weighted by atomic mass is 10.1. The minimum absolute atomic E-state index is 0.183. The Hall–Kier alpha value is -2.95. The number of carbonyl (C=O) groups excluding carboxylic acids is 1. The van der Waals surface area contributed by atoms with Gasteiger partial charge in [0.05, 0.1) is 0 Å². The molecular weight excluding hydrogens is 292 g/mol. The topological polar surface area (TPSA) is 63.4 Å². The average Bonchev–Trinajstić information content (AvgIpc) is 3.12. The van der Waals surface area contributed by atoms with E-state index in [4.69, 9.17) is 9.47 Å². The Morgan fingerprint density at radius 2 is 1.91 bits per heavy atom. The van der Waals surface area contributed by atoms with Crippen molar-refractivity contribution < 1.29 is 14.3 Å². The first-order valence-electron chi connectivity index (χ1n) is 7.41. The summed E-state index contributed by atoms with van der Waals surface area (Å²) in [5.41, 5.74) is 4.50. The summed E-state index contributed by atoms with van der Waals surface area (Å²) in [5.74, 6) is 1.16. The molecule has 1 aliphatic rings.